The number of anilines is 3. The van der Waals surface area contributed by atoms with Crippen LogP contribution in [0.5, 0.6) is 0 Å². The molecular weight excluding hydrogens is 671 g/mol. The molecule has 0 radical (unpaired) electrons. The molecule has 3 nitrogen and oxygen atoms in total. The molecule has 2 heterocycles. The van der Waals surface area contributed by atoms with E-state index in [0.29, 0.717) is 0 Å². The Morgan fingerprint density at radius 1 is 0.309 bits per heavy atom. The second kappa shape index (κ2) is 12.6. The largest absolute Gasteiger partial charge is 0.456 e. The van der Waals surface area contributed by atoms with E-state index >= 15 is 0 Å². The Morgan fingerprint density at radius 3 is 1.71 bits per heavy atom. The van der Waals surface area contributed by atoms with Crippen molar-refractivity contribution in [3.8, 4) is 33.4 Å². The van der Waals surface area contributed by atoms with Gasteiger partial charge in [-0.15, -0.1) is 0 Å². The highest BCUT2D eigenvalue weighted by atomic mass is 16.3. The fourth-order valence-corrected chi connectivity index (χ4v) is 8.33. The van der Waals surface area contributed by atoms with Crippen LogP contribution in [0.15, 0.2) is 209 Å². The standard InChI is InChI=1S/C52H33NO2/c1-4-15-34(16-5-1)37-27-30-46(45(31-37)36-19-8-3-9-20-36)53(47-25-14-24-42-40-22-12-13-26-48(40)55-52(42)47)38-28-29-43-49(32-38)54-50-33-44(35-17-6-2-7-18-35)39-21-10-11-23-41(39)51(43)50/h1-33H. The van der Waals surface area contributed by atoms with Gasteiger partial charge in [-0.3, -0.25) is 0 Å². The van der Waals surface area contributed by atoms with E-state index in [1.807, 2.05) is 12.1 Å². The maximum absolute atomic E-state index is 6.86. The molecule has 0 saturated carbocycles. The van der Waals surface area contributed by atoms with Crippen LogP contribution in [0, 0.1) is 0 Å². The Kier molecular flexibility index (Phi) is 7.17. The lowest BCUT2D eigenvalue weighted by atomic mass is 9.95. The number of hydrogen-bond acceptors (Lipinski definition) is 3. The molecule has 0 saturated heterocycles. The Labute approximate surface area is 317 Å². The molecule has 0 spiro atoms. The van der Waals surface area contributed by atoms with E-state index in [9.17, 15) is 0 Å². The van der Waals surface area contributed by atoms with Crippen molar-refractivity contribution in [1.29, 1.82) is 0 Å². The van der Waals surface area contributed by atoms with E-state index in [1.54, 1.807) is 0 Å². The summed E-state index contributed by atoms with van der Waals surface area (Å²) < 4.78 is 13.6. The quantitative estimate of drug-likeness (QED) is 0.173. The van der Waals surface area contributed by atoms with E-state index < -0.39 is 0 Å². The van der Waals surface area contributed by atoms with E-state index in [4.69, 9.17) is 8.83 Å². The third kappa shape index (κ3) is 5.13. The van der Waals surface area contributed by atoms with Crippen LogP contribution in [-0.2, 0) is 0 Å². The summed E-state index contributed by atoms with van der Waals surface area (Å²) in [5.74, 6) is 0. The molecule has 0 amide bonds. The third-order valence-electron chi connectivity index (χ3n) is 10.9. The summed E-state index contributed by atoms with van der Waals surface area (Å²) in [7, 11) is 0. The van der Waals surface area contributed by atoms with Crippen molar-refractivity contribution in [1.82, 2.24) is 0 Å². The average Bonchev–Trinajstić information content (AvgIpc) is 3.83. The zero-order chi connectivity index (χ0) is 36.3. The second-order valence-electron chi connectivity index (χ2n) is 14.0. The molecule has 11 rings (SSSR count). The smallest absolute Gasteiger partial charge is 0.159 e. The van der Waals surface area contributed by atoms with Crippen molar-refractivity contribution in [2.75, 3.05) is 4.90 Å². The molecule has 0 bridgehead atoms. The van der Waals surface area contributed by atoms with Crippen molar-refractivity contribution < 1.29 is 8.83 Å². The summed E-state index contributed by atoms with van der Waals surface area (Å²) in [6, 6.07) is 70.8. The van der Waals surface area contributed by atoms with E-state index in [2.05, 4.69) is 193 Å². The monoisotopic (exact) mass is 703 g/mol. The maximum Gasteiger partial charge on any atom is 0.159 e. The van der Waals surface area contributed by atoms with Gasteiger partial charge in [0.1, 0.15) is 16.7 Å². The normalized spacial score (nSPS) is 11.6. The highest BCUT2D eigenvalue weighted by Crippen LogP contribution is 2.48. The molecular formula is C52H33NO2. The lowest BCUT2D eigenvalue weighted by molar-refractivity contribution is 0.667. The Morgan fingerprint density at radius 2 is 0.945 bits per heavy atom. The van der Waals surface area contributed by atoms with E-state index in [0.717, 1.165) is 83.2 Å². The van der Waals surface area contributed by atoms with Gasteiger partial charge < -0.3 is 13.7 Å². The number of hydrogen-bond donors (Lipinski definition) is 0. The minimum absolute atomic E-state index is 0.826. The zero-order valence-electron chi connectivity index (χ0n) is 29.8. The van der Waals surface area contributed by atoms with Crippen LogP contribution in [-0.4, -0.2) is 0 Å². The minimum atomic E-state index is 0.826. The van der Waals surface area contributed by atoms with Gasteiger partial charge in [0.05, 0.1) is 17.1 Å². The molecule has 11 aromatic rings. The first-order valence-corrected chi connectivity index (χ1v) is 18.7. The van der Waals surface area contributed by atoms with Gasteiger partial charge in [0.2, 0.25) is 0 Å². The second-order valence-corrected chi connectivity index (χ2v) is 14.0. The number of para-hydroxylation sites is 2. The van der Waals surface area contributed by atoms with E-state index in [-0.39, 0.29) is 0 Å². The zero-order valence-corrected chi connectivity index (χ0v) is 29.8. The van der Waals surface area contributed by atoms with Gasteiger partial charge in [0, 0.05) is 33.2 Å². The van der Waals surface area contributed by atoms with Gasteiger partial charge in [-0.1, -0.05) is 152 Å². The molecule has 0 aliphatic rings. The molecule has 258 valence electrons. The summed E-state index contributed by atoms with van der Waals surface area (Å²) in [4.78, 5) is 2.34. The molecule has 0 atom stereocenters. The van der Waals surface area contributed by atoms with Crippen LogP contribution >= 0.6 is 0 Å². The maximum atomic E-state index is 6.86. The number of benzene rings is 9. The fraction of sp³-hybridized carbons (Fsp3) is 0. The van der Waals surface area contributed by atoms with Crippen molar-refractivity contribution >= 4 is 71.7 Å². The summed E-state index contributed by atoms with van der Waals surface area (Å²) in [5, 5.41) is 6.76. The first-order chi connectivity index (χ1) is 27.3. The van der Waals surface area contributed by atoms with Crippen LogP contribution in [0.25, 0.3) is 88.0 Å². The van der Waals surface area contributed by atoms with Crippen LogP contribution in [0.4, 0.5) is 17.1 Å². The molecule has 9 aromatic carbocycles. The molecule has 0 aliphatic heterocycles. The van der Waals surface area contributed by atoms with Crippen molar-refractivity contribution in [3.63, 3.8) is 0 Å². The van der Waals surface area contributed by atoms with Gasteiger partial charge in [-0.25, -0.2) is 0 Å². The van der Waals surface area contributed by atoms with Gasteiger partial charge >= 0.3 is 0 Å². The molecule has 2 aromatic heterocycles. The molecule has 55 heavy (non-hydrogen) atoms. The SMILES string of the molecule is c1ccc(-c2ccc(N(c3ccc4c(c3)oc3cc(-c5ccccc5)c5ccccc5c34)c3cccc4c3oc3ccccc34)c(-c3ccccc3)c2)cc1. The first-order valence-electron chi connectivity index (χ1n) is 18.7. The lowest BCUT2D eigenvalue weighted by Gasteiger charge is -2.28. The average molecular weight is 704 g/mol. The Balaban J connectivity index is 1.19. The summed E-state index contributed by atoms with van der Waals surface area (Å²) in [5.41, 5.74) is 13.2. The molecule has 0 fully saturated rings. The molecule has 0 aliphatic carbocycles. The van der Waals surface area contributed by atoms with Gasteiger partial charge in [0.25, 0.3) is 0 Å². The van der Waals surface area contributed by atoms with Gasteiger partial charge in [-0.05, 0) is 81.1 Å². The summed E-state index contributed by atoms with van der Waals surface area (Å²) in [6.45, 7) is 0. The van der Waals surface area contributed by atoms with Crippen LogP contribution in [0.1, 0.15) is 0 Å². The minimum Gasteiger partial charge on any atom is -0.456 e. The predicted octanol–water partition coefficient (Wildman–Crippen LogP) is 15.1. The molecule has 3 heteroatoms. The molecule has 0 unspecified atom stereocenters. The first kappa shape index (κ1) is 31.2. The lowest BCUT2D eigenvalue weighted by Crippen LogP contribution is -2.11. The number of nitrogens with zero attached hydrogens (tertiary/aromatic N) is 1. The van der Waals surface area contributed by atoms with Crippen LogP contribution < -0.4 is 4.90 Å². The summed E-state index contributed by atoms with van der Waals surface area (Å²) >= 11 is 0. The molecule has 0 N–H and O–H groups in total. The van der Waals surface area contributed by atoms with Crippen molar-refractivity contribution in [2.24, 2.45) is 0 Å². The number of furan rings is 2. The van der Waals surface area contributed by atoms with Gasteiger partial charge in [-0.2, -0.15) is 0 Å². The van der Waals surface area contributed by atoms with Crippen LogP contribution in [0.3, 0.4) is 0 Å². The third-order valence-corrected chi connectivity index (χ3v) is 10.9. The Hall–Kier alpha value is -7.36. The van der Waals surface area contributed by atoms with Gasteiger partial charge in [0.15, 0.2) is 5.58 Å². The predicted molar refractivity (Wildman–Crippen MR) is 229 cm³/mol. The highest BCUT2D eigenvalue weighted by Gasteiger charge is 2.24. The number of rotatable bonds is 6. The van der Waals surface area contributed by atoms with Crippen LogP contribution in [0.2, 0.25) is 0 Å². The highest BCUT2D eigenvalue weighted by molar-refractivity contribution is 6.22. The topological polar surface area (TPSA) is 29.5 Å². The Bertz CT molecular complexity index is 3200. The summed E-state index contributed by atoms with van der Waals surface area (Å²) in [6.07, 6.45) is 0. The van der Waals surface area contributed by atoms with Crippen molar-refractivity contribution in [3.05, 3.63) is 200 Å². The number of fused-ring (bicyclic) bond motifs is 8. The van der Waals surface area contributed by atoms with Crippen molar-refractivity contribution in [2.45, 2.75) is 0 Å². The van der Waals surface area contributed by atoms with E-state index in [1.165, 1.54) is 21.9 Å². The fourth-order valence-electron chi connectivity index (χ4n) is 8.33.